The minimum atomic E-state index is -1.41. The molecule has 9 nitrogen and oxygen atoms in total. The van der Waals surface area contributed by atoms with E-state index in [-0.39, 0.29) is 49.4 Å². The van der Waals surface area contributed by atoms with E-state index >= 15 is 4.39 Å². The second-order valence-electron chi connectivity index (χ2n) is 11.3. The first-order valence-corrected chi connectivity index (χ1v) is 15.3. The summed E-state index contributed by atoms with van der Waals surface area (Å²) in [6, 6.07) is 12.2. The number of methoxy groups -OCH3 is 1. The van der Waals surface area contributed by atoms with Crippen molar-refractivity contribution in [2.75, 3.05) is 13.7 Å². The van der Waals surface area contributed by atoms with Gasteiger partial charge in [-0.05, 0) is 69.2 Å². The molecule has 0 amide bonds. The number of nitrogens with zero attached hydrogens (tertiary/aromatic N) is 1. The van der Waals surface area contributed by atoms with Crippen molar-refractivity contribution in [3.63, 3.8) is 0 Å². The molecule has 0 saturated heterocycles. The average molecular weight is 625 g/mol. The van der Waals surface area contributed by atoms with Crippen molar-refractivity contribution < 1.29 is 37.2 Å². The Bertz CT molecular complexity index is 1650. The molecular weight excluding hydrogens is 587 g/mol. The van der Waals surface area contributed by atoms with Gasteiger partial charge in [-0.25, -0.2) is 4.39 Å². The summed E-state index contributed by atoms with van der Waals surface area (Å²) in [6.45, 7) is 8.78. The minimum Gasteiger partial charge on any atom is -0.598 e. The predicted molar refractivity (Wildman–Crippen MR) is 166 cm³/mol. The number of hydrogen-bond donors (Lipinski definition) is 1. The molecule has 0 fully saturated rings. The SMILES string of the molecule is COCc1cc2cc(COc3cc(C(C)=O)ccc3CCOC(C)=O)cc(-c3ccnc(CN[S+]([O-])C(C)(C)C)c3F)c2o1. The summed E-state index contributed by atoms with van der Waals surface area (Å²) in [7, 11) is 1.56. The fraction of sp³-hybridized carbons (Fsp3) is 0.364. The van der Waals surface area contributed by atoms with Crippen molar-refractivity contribution in [3.8, 4) is 16.9 Å². The number of ketones is 1. The highest BCUT2D eigenvalue weighted by atomic mass is 32.2. The lowest BCUT2D eigenvalue weighted by molar-refractivity contribution is -0.140. The highest BCUT2D eigenvalue weighted by Gasteiger charge is 2.27. The van der Waals surface area contributed by atoms with Crippen LogP contribution in [0.4, 0.5) is 4.39 Å². The highest BCUT2D eigenvalue weighted by molar-refractivity contribution is 7.90. The second-order valence-corrected chi connectivity index (χ2v) is 13.3. The second kappa shape index (κ2) is 14.3. The molecule has 2 heterocycles. The Kier molecular flexibility index (Phi) is 10.8. The van der Waals surface area contributed by atoms with Crippen molar-refractivity contribution in [3.05, 3.63) is 82.6 Å². The Hall–Kier alpha value is -3.77. The minimum absolute atomic E-state index is 0.0226. The monoisotopic (exact) mass is 624 g/mol. The van der Waals surface area contributed by atoms with Crippen molar-refractivity contribution >= 4 is 34.1 Å². The van der Waals surface area contributed by atoms with Crippen LogP contribution in [0, 0.1) is 5.82 Å². The number of carbonyl (C=O) groups is 2. The lowest BCUT2D eigenvalue weighted by atomic mass is 10.00. The summed E-state index contributed by atoms with van der Waals surface area (Å²) < 4.78 is 53.5. The number of pyridine rings is 1. The third kappa shape index (κ3) is 8.23. The Labute approximate surface area is 259 Å². The maximum absolute atomic E-state index is 16.0. The number of rotatable bonds is 13. The summed E-state index contributed by atoms with van der Waals surface area (Å²) in [5.74, 6) is -0.00285. The first-order chi connectivity index (χ1) is 20.9. The molecule has 1 N–H and O–H groups in total. The van der Waals surface area contributed by atoms with Crippen LogP contribution in [0.1, 0.15) is 67.6 Å². The average Bonchev–Trinajstić information content (AvgIpc) is 3.37. The molecule has 44 heavy (non-hydrogen) atoms. The van der Waals surface area contributed by atoms with Crippen LogP contribution in [-0.4, -0.2) is 39.8 Å². The van der Waals surface area contributed by atoms with E-state index in [0.29, 0.717) is 34.6 Å². The molecule has 0 saturated carbocycles. The Morgan fingerprint density at radius 1 is 1.07 bits per heavy atom. The molecule has 2 aromatic carbocycles. The van der Waals surface area contributed by atoms with Gasteiger partial charge in [-0.2, -0.15) is 0 Å². The molecule has 0 aliphatic carbocycles. The van der Waals surface area contributed by atoms with Gasteiger partial charge in [-0.1, -0.05) is 12.1 Å². The Morgan fingerprint density at radius 2 is 1.84 bits per heavy atom. The van der Waals surface area contributed by atoms with Crippen LogP contribution in [0.25, 0.3) is 22.1 Å². The molecule has 4 aromatic rings. The maximum atomic E-state index is 16.0. The van der Waals surface area contributed by atoms with Crippen molar-refractivity contribution in [1.29, 1.82) is 0 Å². The van der Waals surface area contributed by atoms with Crippen LogP contribution in [0.15, 0.2) is 53.1 Å². The van der Waals surface area contributed by atoms with Crippen LogP contribution in [-0.2, 0) is 51.8 Å². The van der Waals surface area contributed by atoms with Crippen LogP contribution in [0.5, 0.6) is 5.75 Å². The van der Waals surface area contributed by atoms with E-state index in [1.807, 2.05) is 32.9 Å². The van der Waals surface area contributed by atoms with E-state index in [1.165, 1.54) is 20.0 Å². The number of aromatic nitrogens is 1. The van der Waals surface area contributed by atoms with Crippen LogP contribution < -0.4 is 9.46 Å². The maximum Gasteiger partial charge on any atom is 0.302 e. The van der Waals surface area contributed by atoms with Crippen molar-refractivity contribution in [1.82, 2.24) is 9.71 Å². The standard InChI is InChI=1S/C33H37FN2O7S/c1-20(37)24-8-7-23(10-12-41-21(2)38)30(16-24)42-18-22-13-25-15-26(19-40-6)43-32(25)28(14-22)27-9-11-35-29(31(27)34)17-36-44(39)33(3,4)5/h7-9,11,13-16,36H,10,12,17-19H2,1-6H3. The number of ether oxygens (including phenoxy) is 3. The largest absolute Gasteiger partial charge is 0.598 e. The van der Waals surface area contributed by atoms with E-state index < -0.39 is 21.9 Å². The number of esters is 1. The normalized spacial score (nSPS) is 12.4. The topological polar surface area (TPSA) is 123 Å². The Balaban J connectivity index is 1.70. The van der Waals surface area contributed by atoms with Crippen LogP contribution >= 0.6 is 0 Å². The highest BCUT2D eigenvalue weighted by Crippen LogP contribution is 2.35. The Morgan fingerprint density at radius 3 is 2.52 bits per heavy atom. The fourth-order valence-corrected chi connectivity index (χ4v) is 5.22. The van der Waals surface area contributed by atoms with E-state index in [0.717, 1.165) is 16.5 Å². The van der Waals surface area contributed by atoms with Gasteiger partial charge in [0.25, 0.3) is 0 Å². The fourth-order valence-electron chi connectivity index (χ4n) is 4.51. The van der Waals surface area contributed by atoms with E-state index in [2.05, 4.69) is 9.71 Å². The van der Waals surface area contributed by atoms with Gasteiger partial charge in [0.2, 0.25) is 0 Å². The molecular formula is C33H37FN2O7S. The van der Waals surface area contributed by atoms with Gasteiger partial charge >= 0.3 is 5.97 Å². The number of carbonyl (C=O) groups excluding carboxylic acids is 2. The summed E-state index contributed by atoms with van der Waals surface area (Å²) in [5, 5.41) is 0.727. The van der Waals surface area contributed by atoms with Crippen molar-refractivity contribution in [2.24, 2.45) is 0 Å². The molecule has 0 bridgehead atoms. The zero-order valence-electron chi connectivity index (χ0n) is 25.7. The third-order valence-corrected chi connectivity index (χ3v) is 8.26. The van der Waals surface area contributed by atoms with Gasteiger partial charge in [-0.3, -0.25) is 14.6 Å². The van der Waals surface area contributed by atoms with Gasteiger partial charge < -0.3 is 23.2 Å². The third-order valence-electron chi connectivity index (χ3n) is 6.74. The van der Waals surface area contributed by atoms with Gasteiger partial charge in [-0.15, -0.1) is 4.72 Å². The quantitative estimate of drug-likeness (QED) is 0.105. The van der Waals surface area contributed by atoms with Gasteiger partial charge in [0.05, 0.1) is 18.8 Å². The number of furan rings is 1. The molecule has 234 valence electrons. The smallest absolute Gasteiger partial charge is 0.302 e. The number of hydrogen-bond acceptors (Lipinski definition) is 9. The zero-order chi connectivity index (χ0) is 32.0. The molecule has 1 atom stereocenters. The first kappa shape index (κ1) is 33.1. The van der Waals surface area contributed by atoms with E-state index in [4.69, 9.17) is 18.6 Å². The molecule has 0 aliphatic rings. The molecule has 11 heteroatoms. The van der Waals surface area contributed by atoms with Crippen LogP contribution in [0.3, 0.4) is 0 Å². The zero-order valence-corrected chi connectivity index (χ0v) is 26.6. The number of benzene rings is 2. The predicted octanol–water partition coefficient (Wildman–Crippen LogP) is 6.22. The van der Waals surface area contributed by atoms with Gasteiger partial charge in [0.15, 0.2) is 11.6 Å². The molecule has 2 aromatic heterocycles. The van der Waals surface area contributed by atoms with Crippen LogP contribution in [0.2, 0.25) is 0 Å². The lowest BCUT2D eigenvalue weighted by Crippen LogP contribution is -2.39. The number of fused-ring (bicyclic) bond motifs is 1. The molecule has 0 aliphatic heterocycles. The van der Waals surface area contributed by atoms with Gasteiger partial charge in [0, 0.05) is 60.1 Å². The molecule has 0 radical (unpaired) electrons. The first-order valence-electron chi connectivity index (χ1n) is 14.1. The molecule has 0 spiro atoms. The number of Topliss-reactive ketones (excluding diaryl/α,β-unsaturated/α-hetero) is 1. The summed E-state index contributed by atoms with van der Waals surface area (Å²) in [4.78, 5) is 27.5. The summed E-state index contributed by atoms with van der Waals surface area (Å²) in [6.07, 6.45) is 1.91. The molecule has 4 rings (SSSR count). The van der Waals surface area contributed by atoms with E-state index in [1.54, 1.807) is 37.4 Å². The number of halogens is 1. The lowest BCUT2D eigenvalue weighted by Gasteiger charge is -2.23. The van der Waals surface area contributed by atoms with E-state index in [9.17, 15) is 14.1 Å². The van der Waals surface area contributed by atoms with Crippen molar-refractivity contribution in [2.45, 2.75) is 65.5 Å². The summed E-state index contributed by atoms with van der Waals surface area (Å²) in [5.41, 5.74) is 3.34. The molecule has 1 unspecified atom stereocenters. The van der Waals surface area contributed by atoms with Gasteiger partial charge in [0.1, 0.15) is 35.1 Å². The summed E-state index contributed by atoms with van der Waals surface area (Å²) >= 11 is -1.41. The number of nitrogens with one attached hydrogen (secondary N) is 1.